The van der Waals surface area contributed by atoms with Crippen LogP contribution in [0.2, 0.25) is 0 Å². The van der Waals surface area contributed by atoms with Gasteiger partial charge in [-0.1, -0.05) is 25.6 Å². The molecule has 3 N–H and O–H groups in total. The van der Waals surface area contributed by atoms with Crippen LogP contribution in [0.4, 0.5) is 11.6 Å². The fourth-order valence-corrected chi connectivity index (χ4v) is 5.03. The molecule has 31 heavy (non-hydrogen) atoms. The first-order valence-corrected chi connectivity index (χ1v) is 11.9. The predicted octanol–water partition coefficient (Wildman–Crippen LogP) is 1.36. The molecule has 11 nitrogen and oxygen atoms in total. The largest absolute Gasteiger partial charge is 0.468 e. The first kappa shape index (κ1) is 24.6. The second-order valence-electron chi connectivity index (χ2n) is 6.35. The standard InChI is InChI=1S/C18H26N6O5S2/c1-5-23(6-2)31(27,28)14-9-7-13(8-10-14)20-16(26)12(3)24-17(19)21-22-18(24)30-11-15(25)29-4/h7-10,12H,5-6,11H2,1-4H3,(H2,19,21)(H,20,26). The highest BCUT2D eigenvalue weighted by atomic mass is 32.2. The van der Waals surface area contributed by atoms with Gasteiger partial charge in [-0.15, -0.1) is 10.2 Å². The van der Waals surface area contributed by atoms with E-state index in [1.165, 1.54) is 40.2 Å². The van der Waals surface area contributed by atoms with Crippen LogP contribution in [0.3, 0.4) is 0 Å². The lowest BCUT2D eigenvalue weighted by atomic mass is 10.2. The Kier molecular flexibility index (Phi) is 8.42. The monoisotopic (exact) mass is 470 g/mol. The lowest BCUT2D eigenvalue weighted by molar-refractivity contribution is -0.137. The number of sulfonamides is 1. The van der Waals surface area contributed by atoms with Gasteiger partial charge in [0.05, 0.1) is 17.8 Å². The van der Waals surface area contributed by atoms with Gasteiger partial charge in [-0.2, -0.15) is 4.31 Å². The van der Waals surface area contributed by atoms with E-state index in [-0.39, 0.29) is 16.6 Å². The molecule has 2 aromatic rings. The summed E-state index contributed by atoms with van der Waals surface area (Å²) in [5, 5.41) is 10.7. The van der Waals surface area contributed by atoms with Gasteiger partial charge >= 0.3 is 5.97 Å². The van der Waals surface area contributed by atoms with Crippen LogP contribution in [0.25, 0.3) is 0 Å². The summed E-state index contributed by atoms with van der Waals surface area (Å²) in [6, 6.07) is 5.14. The van der Waals surface area contributed by atoms with Gasteiger partial charge < -0.3 is 15.8 Å². The number of hydrogen-bond donors (Lipinski definition) is 2. The van der Waals surface area contributed by atoms with Crippen molar-refractivity contribution < 1.29 is 22.7 Å². The fourth-order valence-electron chi connectivity index (χ4n) is 2.72. The smallest absolute Gasteiger partial charge is 0.316 e. The maximum atomic E-state index is 12.7. The first-order valence-electron chi connectivity index (χ1n) is 9.46. The Labute approximate surface area is 185 Å². The van der Waals surface area contributed by atoms with Gasteiger partial charge in [-0.25, -0.2) is 8.42 Å². The Morgan fingerprint density at radius 1 is 1.23 bits per heavy atom. The quantitative estimate of drug-likeness (QED) is 0.387. The SMILES string of the molecule is CCN(CC)S(=O)(=O)c1ccc(NC(=O)C(C)n2c(N)nnc2SCC(=O)OC)cc1. The number of esters is 1. The number of thioether (sulfide) groups is 1. The van der Waals surface area contributed by atoms with Crippen LogP contribution < -0.4 is 11.1 Å². The van der Waals surface area contributed by atoms with Crippen molar-refractivity contribution in [1.82, 2.24) is 19.1 Å². The molecule has 0 aliphatic heterocycles. The van der Waals surface area contributed by atoms with Gasteiger partial charge in [0.1, 0.15) is 6.04 Å². The molecule has 1 heterocycles. The number of carbonyl (C=O) groups excluding carboxylic acids is 2. The Balaban J connectivity index is 2.14. The number of nitrogens with zero attached hydrogens (tertiary/aromatic N) is 4. The van der Waals surface area contributed by atoms with Crippen molar-refractivity contribution in [2.45, 2.75) is 36.9 Å². The zero-order valence-electron chi connectivity index (χ0n) is 17.7. The summed E-state index contributed by atoms with van der Waals surface area (Å²) >= 11 is 1.05. The highest BCUT2D eigenvalue weighted by molar-refractivity contribution is 7.99. The topological polar surface area (TPSA) is 150 Å². The number of methoxy groups -OCH3 is 1. The van der Waals surface area contributed by atoms with E-state index < -0.39 is 27.9 Å². The number of amides is 1. The number of anilines is 2. The Morgan fingerprint density at radius 3 is 2.39 bits per heavy atom. The molecule has 0 radical (unpaired) electrons. The van der Waals surface area contributed by atoms with Gasteiger partial charge in [0.25, 0.3) is 0 Å². The average molecular weight is 471 g/mol. The second-order valence-corrected chi connectivity index (χ2v) is 9.23. The van der Waals surface area contributed by atoms with Gasteiger partial charge in [-0.05, 0) is 31.2 Å². The predicted molar refractivity (Wildman–Crippen MR) is 117 cm³/mol. The fraction of sp³-hybridized carbons (Fsp3) is 0.444. The van der Waals surface area contributed by atoms with Crippen molar-refractivity contribution in [2.75, 3.05) is 37.0 Å². The average Bonchev–Trinajstić information content (AvgIpc) is 3.12. The molecule has 0 fully saturated rings. The highest BCUT2D eigenvalue weighted by Gasteiger charge is 2.24. The first-order chi connectivity index (χ1) is 14.6. The third-order valence-electron chi connectivity index (χ3n) is 4.47. The van der Waals surface area contributed by atoms with Crippen LogP contribution in [0, 0.1) is 0 Å². The molecule has 0 aliphatic carbocycles. The molecule has 0 saturated carbocycles. The number of hydrogen-bond acceptors (Lipinski definition) is 9. The number of rotatable bonds is 10. The van der Waals surface area contributed by atoms with Gasteiger partial charge in [0, 0.05) is 18.8 Å². The van der Waals surface area contributed by atoms with E-state index in [1.807, 2.05) is 0 Å². The van der Waals surface area contributed by atoms with Crippen molar-refractivity contribution in [2.24, 2.45) is 0 Å². The molecule has 170 valence electrons. The summed E-state index contributed by atoms with van der Waals surface area (Å²) in [4.78, 5) is 24.2. The minimum absolute atomic E-state index is 0.00849. The molecule has 0 aliphatic rings. The molecular weight excluding hydrogens is 444 g/mol. The van der Waals surface area contributed by atoms with Crippen molar-refractivity contribution in [3.8, 4) is 0 Å². The molecule has 1 amide bonds. The number of carbonyl (C=O) groups is 2. The molecule has 2 rings (SSSR count). The maximum Gasteiger partial charge on any atom is 0.316 e. The summed E-state index contributed by atoms with van der Waals surface area (Å²) in [6.07, 6.45) is 0. The zero-order valence-corrected chi connectivity index (χ0v) is 19.4. The number of nitrogens with one attached hydrogen (secondary N) is 1. The number of benzene rings is 1. The molecule has 1 aromatic carbocycles. The number of nitrogen functional groups attached to an aromatic ring is 1. The summed E-state index contributed by atoms with van der Waals surface area (Å²) in [5.41, 5.74) is 6.27. The number of aromatic nitrogens is 3. The van der Waals surface area contributed by atoms with E-state index in [9.17, 15) is 18.0 Å². The van der Waals surface area contributed by atoms with Crippen LogP contribution in [-0.2, 0) is 24.3 Å². The minimum Gasteiger partial charge on any atom is -0.468 e. The zero-order chi connectivity index (χ0) is 23.2. The van der Waals surface area contributed by atoms with E-state index in [1.54, 1.807) is 20.8 Å². The molecule has 0 bridgehead atoms. The number of ether oxygens (including phenoxy) is 1. The summed E-state index contributed by atoms with van der Waals surface area (Å²) in [6.45, 7) is 5.88. The van der Waals surface area contributed by atoms with E-state index in [0.717, 1.165) is 11.8 Å². The lowest BCUT2D eigenvalue weighted by Gasteiger charge is -2.19. The van der Waals surface area contributed by atoms with E-state index in [0.29, 0.717) is 23.9 Å². The van der Waals surface area contributed by atoms with E-state index >= 15 is 0 Å². The van der Waals surface area contributed by atoms with Gasteiger partial charge in [-0.3, -0.25) is 14.2 Å². The third-order valence-corrected chi connectivity index (χ3v) is 7.45. The van der Waals surface area contributed by atoms with Crippen molar-refractivity contribution in [3.05, 3.63) is 24.3 Å². The number of nitrogens with two attached hydrogens (primary N) is 1. The molecule has 1 aromatic heterocycles. The van der Waals surface area contributed by atoms with Gasteiger partial charge in [0.2, 0.25) is 21.9 Å². The molecule has 0 spiro atoms. The summed E-state index contributed by atoms with van der Waals surface area (Å²) < 4.78 is 32.5. The second kappa shape index (κ2) is 10.6. The molecular formula is C18H26N6O5S2. The van der Waals surface area contributed by atoms with Crippen molar-refractivity contribution >= 4 is 45.3 Å². The van der Waals surface area contributed by atoms with Crippen LogP contribution in [-0.4, -0.2) is 65.3 Å². The highest BCUT2D eigenvalue weighted by Crippen LogP contribution is 2.24. The maximum absolute atomic E-state index is 12.7. The summed E-state index contributed by atoms with van der Waals surface area (Å²) in [7, 11) is -2.31. The van der Waals surface area contributed by atoms with Crippen LogP contribution >= 0.6 is 11.8 Å². The Morgan fingerprint density at radius 2 is 1.84 bits per heavy atom. The van der Waals surface area contributed by atoms with Crippen LogP contribution in [0.15, 0.2) is 34.3 Å². The van der Waals surface area contributed by atoms with E-state index in [2.05, 4.69) is 20.3 Å². The van der Waals surface area contributed by atoms with Crippen LogP contribution in [0.5, 0.6) is 0 Å². The van der Waals surface area contributed by atoms with Crippen molar-refractivity contribution in [1.29, 1.82) is 0 Å². The van der Waals surface area contributed by atoms with Crippen LogP contribution in [0.1, 0.15) is 26.8 Å². The van der Waals surface area contributed by atoms with E-state index in [4.69, 9.17) is 5.73 Å². The normalized spacial score (nSPS) is 12.5. The summed E-state index contributed by atoms with van der Waals surface area (Å²) in [5.74, 6) is -0.845. The molecule has 0 saturated heterocycles. The van der Waals surface area contributed by atoms with Gasteiger partial charge in [0.15, 0.2) is 5.16 Å². The Bertz CT molecular complexity index is 1020. The Hall–Kier alpha value is -2.64. The minimum atomic E-state index is -3.58. The molecule has 1 unspecified atom stereocenters. The molecule has 1 atom stereocenters. The van der Waals surface area contributed by atoms with Crippen molar-refractivity contribution in [3.63, 3.8) is 0 Å². The third kappa shape index (κ3) is 5.74. The molecule has 13 heteroatoms. The lowest BCUT2D eigenvalue weighted by Crippen LogP contribution is -2.30.